The second-order valence-corrected chi connectivity index (χ2v) is 8.96. The van der Waals surface area contributed by atoms with Crippen LogP contribution in [0.4, 0.5) is 0 Å². The average molecular weight is 450 g/mol. The van der Waals surface area contributed by atoms with Crippen LogP contribution < -0.4 is 16.0 Å². The molecule has 2 aromatic rings. The maximum Gasteiger partial charge on any atom is 0.265 e. The molecule has 1 aromatic carbocycles. The van der Waals surface area contributed by atoms with Crippen LogP contribution in [0.2, 0.25) is 0 Å². The summed E-state index contributed by atoms with van der Waals surface area (Å²) >= 11 is 0. The van der Waals surface area contributed by atoms with E-state index in [1.54, 1.807) is 13.1 Å². The summed E-state index contributed by atoms with van der Waals surface area (Å²) in [6.07, 6.45) is 9.76. The van der Waals surface area contributed by atoms with Gasteiger partial charge in [0.25, 0.3) is 5.91 Å². The number of nitrogens with one attached hydrogen (secondary N) is 3. The van der Waals surface area contributed by atoms with Crippen LogP contribution in [0.1, 0.15) is 75.2 Å². The lowest BCUT2D eigenvalue weighted by molar-refractivity contribution is -0.115. The molecule has 3 rings (SSSR count). The second-order valence-electron chi connectivity index (χ2n) is 8.96. The number of aromatic nitrogens is 1. The molecule has 1 aliphatic rings. The number of nitrogens with zero attached hydrogens (tertiary/aromatic N) is 2. The molecule has 1 aromatic heterocycles. The molecule has 0 radical (unpaired) electrons. The quantitative estimate of drug-likeness (QED) is 0.333. The molecule has 1 heterocycles. The zero-order valence-electron chi connectivity index (χ0n) is 20.1. The number of aliphatic imine (C=N–C) groups is 1. The highest BCUT2D eigenvalue weighted by Gasteiger charge is 2.12. The van der Waals surface area contributed by atoms with Crippen molar-refractivity contribution in [3.63, 3.8) is 0 Å². The van der Waals surface area contributed by atoms with Crippen LogP contribution in [-0.4, -0.2) is 35.7 Å². The molecule has 3 N–H and O–H groups in total. The van der Waals surface area contributed by atoms with Crippen LogP contribution >= 0.6 is 0 Å². The first kappa shape index (κ1) is 25.1. The van der Waals surface area contributed by atoms with E-state index in [0.29, 0.717) is 12.3 Å². The van der Waals surface area contributed by atoms with E-state index in [0.717, 1.165) is 43.4 Å². The van der Waals surface area contributed by atoms with Crippen LogP contribution in [0.5, 0.6) is 0 Å². The lowest BCUT2D eigenvalue weighted by Crippen LogP contribution is -2.33. The fourth-order valence-corrected chi connectivity index (χ4v) is 4.18. The molecule has 6 nitrogen and oxygen atoms in total. The summed E-state index contributed by atoms with van der Waals surface area (Å²) in [7, 11) is 0. The minimum absolute atomic E-state index is 0.147. The van der Waals surface area contributed by atoms with Crippen molar-refractivity contribution in [2.24, 2.45) is 4.99 Å². The summed E-state index contributed by atoms with van der Waals surface area (Å²) in [5.41, 5.74) is 3.66. The number of carbonyl (C=O) groups excluding carboxylic acids is 1. The molecule has 6 heteroatoms. The first-order valence-electron chi connectivity index (χ1n) is 12.4. The van der Waals surface area contributed by atoms with Crippen molar-refractivity contribution in [2.75, 3.05) is 13.1 Å². The third kappa shape index (κ3) is 9.06. The van der Waals surface area contributed by atoms with E-state index in [2.05, 4.69) is 50.2 Å². The van der Waals surface area contributed by atoms with E-state index >= 15 is 0 Å². The topological polar surface area (TPSA) is 78.4 Å². The average Bonchev–Trinajstić information content (AvgIpc) is 2.86. The van der Waals surface area contributed by atoms with Crippen LogP contribution in [0, 0.1) is 0 Å². The smallest absolute Gasteiger partial charge is 0.265 e. The van der Waals surface area contributed by atoms with Gasteiger partial charge < -0.3 is 16.0 Å². The van der Waals surface area contributed by atoms with E-state index in [4.69, 9.17) is 0 Å². The maximum absolute atomic E-state index is 12.4. The SMILES string of the molecule is CC(=NC(C)c1ccccn1)C(=O)NCc1ccc(CNCCCNC2CCCCC2)cc1. The van der Waals surface area contributed by atoms with E-state index in [1.165, 1.54) is 37.7 Å². The van der Waals surface area contributed by atoms with Gasteiger partial charge >= 0.3 is 0 Å². The third-order valence-corrected chi connectivity index (χ3v) is 6.21. The third-order valence-electron chi connectivity index (χ3n) is 6.21. The van der Waals surface area contributed by atoms with Gasteiger partial charge in [0.05, 0.1) is 17.4 Å². The Hall–Kier alpha value is -2.57. The molecule has 33 heavy (non-hydrogen) atoms. The van der Waals surface area contributed by atoms with Crippen LogP contribution in [-0.2, 0) is 17.9 Å². The molecule has 1 saturated carbocycles. The largest absolute Gasteiger partial charge is 0.347 e. The van der Waals surface area contributed by atoms with E-state index in [-0.39, 0.29) is 11.9 Å². The van der Waals surface area contributed by atoms with Gasteiger partial charge in [-0.05, 0) is 69.5 Å². The predicted molar refractivity (Wildman–Crippen MR) is 135 cm³/mol. The Bertz CT molecular complexity index is 860. The van der Waals surface area contributed by atoms with Gasteiger partial charge in [0.2, 0.25) is 0 Å². The maximum atomic E-state index is 12.4. The minimum Gasteiger partial charge on any atom is -0.347 e. The Balaban J connectivity index is 1.31. The summed E-state index contributed by atoms with van der Waals surface area (Å²) in [6.45, 7) is 7.16. The molecule has 1 amide bonds. The van der Waals surface area contributed by atoms with Crippen LogP contribution in [0.15, 0.2) is 53.7 Å². The van der Waals surface area contributed by atoms with E-state index in [9.17, 15) is 4.79 Å². The number of amides is 1. The summed E-state index contributed by atoms with van der Waals surface area (Å²) in [5, 5.41) is 10.2. The predicted octanol–water partition coefficient (Wildman–Crippen LogP) is 4.32. The van der Waals surface area contributed by atoms with Crippen molar-refractivity contribution < 1.29 is 4.79 Å². The zero-order chi connectivity index (χ0) is 23.3. The zero-order valence-corrected chi connectivity index (χ0v) is 20.1. The number of hydrogen-bond acceptors (Lipinski definition) is 5. The molecular formula is C27H39N5O. The molecule has 0 bridgehead atoms. The molecule has 0 saturated heterocycles. The molecule has 0 spiro atoms. The van der Waals surface area contributed by atoms with Gasteiger partial charge in [-0.1, -0.05) is 49.6 Å². The normalized spacial score (nSPS) is 15.9. The number of hydrogen-bond donors (Lipinski definition) is 3. The van der Waals surface area contributed by atoms with Gasteiger partial charge in [-0.15, -0.1) is 0 Å². The van der Waals surface area contributed by atoms with Crippen LogP contribution in [0.3, 0.4) is 0 Å². The Kier molecular flexibility index (Phi) is 10.5. The first-order chi connectivity index (χ1) is 16.1. The van der Waals surface area contributed by atoms with Gasteiger partial charge in [0.1, 0.15) is 0 Å². The standard InChI is InChI=1S/C27H39N5O/c1-21(26-11-6-7-17-30-26)32-22(2)27(33)31-20-24-14-12-23(13-15-24)19-28-16-8-18-29-25-9-4-3-5-10-25/h6-7,11-15,17,21,25,28-29H,3-5,8-10,16,18-20H2,1-2H3,(H,31,33). The minimum atomic E-state index is -0.148. The van der Waals surface area contributed by atoms with Gasteiger partial charge in [-0.2, -0.15) is 0 Å². The number of benzene rings is 1. The molecule has 1 atom stereocenters. The highest BCUT2D eigenvalue weighted by Crippen LogP contribution is 2.17. The Morgan fingerprint density at radius 1 is 1.03 bits per heavy atom. The van der Waals surface area contributed by atoms with Crippen LogP contribution in [0.25, 0.3) is 0 Å². The number of carbonyl (C=O) groups is 1. The summed E-state index contributed by atoms with van der Waals surface area (Å²) < 4.78 is 0. The van der Waals surface area contributed by atoms with Crippen molar-refractivity contribution in [1.29, 1.82) is 0 Å². The highest BCUT2D eigenvalue weighted by atomic mass is 16.1. The lowest BCUT2D eigenvalue weighted by atomic mass is 9.95. The molecule has 1 fully saturated rings. The Morgan fingerprint density at radius 3 is 2.45 bits per heavy atom. The Morgan fingerprint density at radius 2 is 1.76 bits per heavy atom. The lowest BCUT2D eigenvalue weighted by Gasteiger charge is -2.22. The molecule has 178 valence electrons. The first-order valence-corrected chi connectivity index (χ1v) is 12.4. The van der Waals surface area contributed by atoms with Crippen molar-refractivity contribution in [2.45, 2.75) is 77.5 Å². The van der Waals surface area contributed by atoms with Crippen molar-refractivity contribution in [1.82, 2.24) is 20.9 Å². The number of rotatable bonds is 12. The van der Waals surface area contributed by atoms with Crippen molar-refractivity contribution in [3.05, 3.63) is 65.5 Å². The summed E-state index contributed by atoms with van der Waals surface area (Å²) in [6, 6.07) is 14.7. The monoisotopic (exact) mass is 449 g/mol. The molecule has 1 unspecified atom stereocenters. The fraction of sp³-hybridized carbons (Fsp3) is 0.519. The van der Waals surface area contributed by atoms with Gasteiger partial charge in [-0.3, -0.25) is 14.8 Å². The van der Waals surface area contributed by atoms with Crippen molar-refractivity contribution in [3.8, 4) is 0 Å². The molecular weight excluding hydrogens is 410 g/mol. The van der Waals surface area contributed by atoms with E-state index in [1.807, 2.05) is 25.1 Å². The second kappa shape index (κ2) is 13.9. The Labute approximate surface area is 198 Å². The van der Waals surface area contributed by atoms with Gasteiger partial charge in [-0.25, -0.2) is 0 Å². The van der Waals surface area contributed by atoms with Gasteiger partial charge in [0.15, 0.2) is 0 Å². The fourth-order valence-electron chi connectivity index (χ4n) is 4.18. The van der Waals surface area contributed by atoms with E-state index < -0.39 is 0 Å². The number of pyridine rings is 1. The van der Waals surface area contributed by atoms with Crippen molar-refractivity contribution >= 4 is 11.6 Å². The van der Waals surface area contributed by atoms with Gasteiger partial charge in [0, 0.05) is 25.3 Å². The molecule has 0 aliphatic heterocycles. The summed E-state index contributed by atoms with van der Waals surface area (Å²) in [5.74, 6) is -0.148. The highest BCUT2D eigenvalue weighted by molar-refractivity contribution is 6.37. The summed E-state index contributed by atoms with van der Waals surface area (Å²) in [4.78, 5) is 21.2. The molecule has 1 aliphatic carbocycles.